The van der Waals surface area contributed by atoms with Crippen molar-refractivity contribution in [3.63, 3.8) is 0 Å². The zero-order valence-electron chi connectivity index (χ0n) is 21.3. The summed E-state index contributed by atoms with van der Waals surface area (Å²) in [6, 6.07) is 29.2. The molecule has 0 saturated carbocycles. The Kier molecular flexibility index (Phi) is 7.41. The van der Waals surface area contributed by atoms with Gasteiger partial charge in [-0.2, -0.15) is 0 Å². The highest BCUT2D eigenvalue weighted by Crippen LogP contribution is 2.44. The summed E-state index contributed by atoms with van der Waals surface area (Å²) in [5.74, 6) is -1.69. The van der Waals surface area contributed by atoms with Crippen molar-refractivity contribution in [2.24, 2.45) is 0 Å². The van der Waals surface area contributed by atoms with Crippen molar-refractivity contribution < 1.29 is 29.0 Å². The predicted octanol–water partition coefficient (Wildman–Crippen LogP) is 5.67. The summed E-state index contributed by atoms with van der Waals surface area (Å²) in [5.41, 5.74) is 7.28. The number of hydrogen-bond acceptors (Lipinski definition) is 5. The maximum atomic E-state index is 12.7. The van der Waals surface area contributed by atoms with Crippen molar-refractivity contribution in [3.05, 3.63) is 119 Å². The second-order valence-corrected chi connectivity index (χ2v) is 9.33. The Hall–Kier alpha value is -4.91. The van der Waals surface area contributed by atoms with E-state index in [1.165, 1.54) is 7.11 Å². The molecule has 1 aliphatic rings. The molecule has 0 saturated heterocycles. The number of rotatable bonds is 8. The molecule has 0 radical (unpaired) electrons. The van der Waals surface area contributed by atoms with E-state index in [9.17, 15) is 19.5 Å². The third-order valence-electron chi connectivity index (χ3n) is 6.94. The van der Waals surface area contributed by atoms with E-state index in [4.69, 9.17) is 9.47 Å². The minimum Gasteiger partial charge on any atom is -0.480 e. The maximum Gasteiger partial charge on any atom is 0.407 e. The number of alkyl carbamates (subject to hydrolysis) is 1. The van der Waals surface area contributed by atoms with E-state index in [0.29, 0.717) is 5.56 Å². The van der Waals surface area contributed by atoms with Gasteiger partial charge in [-0.25, -0.2) is 14.4 Å². The SMILES string of the molecule is COC(=O)c1ccc(-c2cccc(CC(NC(=O)OCC3c4ccccc4-c4ccccc43)C(=O)O)c2)cc1. The van der Waals surface area contributed by atoms with Gasteiger partial charge in [0.25, 0.3) is 0 Å². The summed E-state index contributed by atoms with van der Waals surface area (Å²) < 4.78 is 10.3. The van der Waals surface area contributed by atoms with Crippen LogP contribution >= 0.6 is 0 Å². The molecule has 0 aromatic heterocycles. The number of amides is 1. The van der Waals surface area contributed by atoms with Crippen LogP contribution in [-0.2, 0) is 20.7 Å². The first-order chi connectivity index (χ1) is 18.9. The van der Waals surface area contributed by atoms with Crippen LogP contribution < -0.4 is 5.32 Å². The van der Waals surface area contributed by atoms with Crippen LogP contribution in [0.1, 0.15) is 33.0 Å². The van der Waals surface area contributed by atoms with Gasteiger partial charge in [-0.3, -0.25) is 0 Å². The Balaban J connectivity index is 1.24. The molecule has 7 nitrogen and oxygen atoms in total. The summed E-state index contributed by atoms with van der Waals surface area (Å²) in [4.78, 5) is 36.4. The molecule has 1 aliphatic carbocycles. The molecule has 0 bridgehead atoms. The van der Waals surface area contributed by atoms with Gasteiger partial charge in [0.05, 0.1) is 12.7 Å². The van der Waals surface area contributed by atoms with Crippen molar-refractivity contribution in [1.29, 1.82) is 0 Å². The van der Waals surface area contributed by atoms with Gasteiger partial charge in [-0.05, 0) is 51.1 Å². The van der Waals surface area contributed by atoms with E-state index in [1.54, 1.807) is 24.3 Å². The predicted molar refractivity (Wildman–Crippen MR) is 147 cm³/mol. The maximum absolute atomic E-state index is 12.7. The summed E-state index contributed by atoms with van der Waals surface area (Å²) in [6.45, 7) is 0.100. The number of carbonyl (C=O) groups is 3. The van der Waals surface area contributed by atoms with Crippen molar-refractivity contribution >= 4 is 18.0 Å². The van der Waals surface area contributed by atoms with Gasteiger partial charge in [0.2, 0.25) is 0 Å². The number of nitrogens with one attached hydrogen (secondary N) is 1. The average molecular weight is 522 g/mol. The molecule has 0 aliphatic heterocycles. The van der Waals surface area contributed by atoms with Crippen LogP contribution in [0.5, 0.6) is 0 Å². The van der Waals surface area contributed by atoms with Crippen LogP contribution in [0.3, 0.4) is 0 Å². The molecule has 4 aromatic rings. The number of hydrogen-bond donors (Lipinski definition) is 2. The Labute approximate surface area is 226 Å². The van der Waals surface area contributed by atoms with Gasteiger partial charge in [0, 0.05) is 12.3 Å². The highest BCUT2D eigenvalue weighted by atomic mass is 16.5. The fourth-order valence-corrected chi connectivity index (χ4v) is 5.01. The fraction of sp³-hybridized carbons (Fsp3) is 0.156. The Morgan fingerprint density at radius 1 is 0.821 bits per heavy atom. The molecule has 0 fully saturated rings. The number of fused-ring (bicyclic) bond motifs is 3. The number of carboxylic acids is 1. The smallest absolute Gasteiger partial charge is 0.407 e. The second-order valence-electron chi connectivity index (χ2n) is 9.33. The van der Waals surface area contributed by atoms with Crippen LogP contribution in [0, 0.1) is 0 Å². The molecule has 1 atom stereocenters. The number of carbonyl (C=O) groups excluding carboxylic acids is 2. The van der Waals surface area contributed by atoms with Crippen molar-refractivity contribution in [2.75, 3.05) is 13.7 Å². The van der Waals surface area contributed by atoms with Gasteiger partial charge >= 0.3 is 18.0 Å². The number of carboxylic acid groups (broad SMARTS) is 1. The van der Waals surface area contributed by atoms with Crippen LogP contribution in [0.2, 0.25) is 0 Å². The minimum absolute atomic E-state index is 0.0770. The first-order valence-electron chi connectivity index (χ1n) is 12.6. The summed E-state index contributed by atoms with van der Waals surface area (Å²) in [6.07, 6.45) is -0.702. The zero-order valence-corrected chi connectivity index (χ0v) is 21.3. The van der Waals surface area contributed by atoms with Gasteiger partial charge < -0.3 is 19.9 Å². The third-order valence-corrected chi connectivity index (χ3v) is 6.94. The normalized spacial score (nSPS) is 12.6. The monoisotopic (exact) mass is 521 g/mol. The fourth-order valence-electron chi connectivity index (χ4n) is 5.01. The second kappa shape index (κ2) is 11.2. The number of aliphatic carboxylic acids is 1. The van der Waals surface area contributed by atoms with E-state index in [-0.39, 0.29) is 18.9 Å². The number of esters is 1. The molecule has 1 amide bonds. The first-order valence-corrected chi connectivity index (χ1v) is 12.6. The highest BCUT2D eigenvalue weighted by Gasteiger charge is 2.29. The number of benzene rings is 4. The third kappa shape index (κ3) is 5.52. The molecule has 1 unspecified atom stereocenters. The van der Waals surface area contributed by atoms with Gasteiger partial charge in [0.1, 0.15) is 12.6 Å². The lowest BCUT2D eigenvalue weighted by Gasteiger charge is -2.18. The largest absolute Gasteiger partial charge is 0.480 e. The Bertz CT molecular complexity index is 1480. The van der Waals surface area contributed by atoms with Crippen LogP contribution in [0.15, 0.2) is 97.1 Å². The summed E-state index contributed by atoms with van der Waals surface area (Å²) >= 11 is 0. The van der Waals surface area contributed by atoms with E-state index >= 15 is 0 Å². The molecular formula is C32H27NO6. The highest BCUT2D eigenvalue weighted by molar-refractivity contribution is 5.90. The lowest BCUT2D eigenvalue weighted by Crippen LogP contribution is -2.42. The zero-order chi connectivity index (χ0) is 27.4. The molecule has 0 heterocycles. The van der Waals surface area contributed by atoms with Crippen LogP contribution in [0.4, 0.5) is 4.79 Å². The summed E-state index contributed by atoms with van der Waals surface area (Å²) in [5, 5.41) is 12.3. The van der Waals surface area contributed by atoms with Crippen LogP contribution in [-0.4, -0.2) is 42.9 Å². The van der Waals surface area contributed by atoms with Crippen LogP contribution in [0.25, 0.3) is 22.3 Å². The van der Waals surface area contributed by atoms with E-state index in [0.717, 1.165) is 38.9 Å². The van der Waals surface area contributed by atoms with Gasteiger partial charge in [0.15, 0.2) is 0 Å². The number of methoxy groups -OCH3 is 1. The molecule has 39 heavy (non-hydrogen) atoms. The Morgan fingerprint density at radius 2 is 1.46 bits per heavy atom. The van der Waals surface area contributed by atoms with Crippen molar-refractivity contribution in [1.82, 2.24) is 5.32 Å². The topological polar surface area (TPSA) is 102 Å². The van der Waals surface area contributed by atoms with E-state index in [2.05, 4.69) is 17.4 Å². The lowest BCUT2D eigenvalue weighted by molar-refractivity contribution is -0.139. The van der Waals surface area contributed by atoms with Gasteiger partial charge in [-0.15, -0.1) is 0 Å². The molecule has 5 rings (SSSR count). The quantitative estimate of drug-likeness (QED) is 0.290. The van der Waals surface area contributed by atoms with Crippen molar-refractivity contribution in [2.45, 2.75) is 18.4 Å². The Morgan fingerprint density at radius 3 is 2.08 bits per heavy atom. The minimum atomic E-state index is -1.17. The molecule has 0 spiro atoms. The molecule has 7 heteroatoms. The van der Waals surface area contributed by atoms with Gasteiger partial charge in [-0.1, -0.05) is 84.9 Å². The number of ether oxygens (including phenoxy) is 2. The summed E-state index contributed by atoms with van der Waals surface area (Å²) in [7, 11) is 1.33. The molecule has 2 N–H and O–H groups in total. The standard InChI is InChI=1S/C32H27NO6/c1-38-31(36)22-15-13-21(14-16-22)23-8-6-7-20(17-23)18-29(30(34)35)33-32(37)39-19-28-26-11-4-2-9-24(26)25-10-3-5-12-27(25)28/h2-17,28-29H,18-19H2,1H3,(H,33,37)(H,34,35). The lowest BCUT2D eigenvalue weighted by atomic mass is 9.98. The molecule has 196 valence electrons. The van der Waals surface area contributed by atoms with E-state index in [1.807, 2.05) is 60.7 Å². The van der Waals surface area contributed by atoms with E-state index < -0.39 is 24.1 Å². The molecular weight excluding hydrogens is 494 g/mol. The first kappa shape index (κ1) is 25.7. The average Bonchev–Trinajstić information content (AvgIpc) is 3.29. The molecule has 4 aromatic carbocycles. The van der Waals surface area contributed by atoms with Crippen molar-refractivity contribution in [3.8, 4) is 22.3 Å².